The normalized spacial score (nSPS) is 12.2. The summed E-state index contributed by atoms with van der Waals surface area (Å²) in [5.74, 6) is -0.186. The lowest BCUT2D eigenvalue weighted by Crippen LogP contribution is -2.30. The molecule has 0 spiro atoms. The van der Waals surface area contributed by atoms with Crippen LogP contribution in [0.3, 0.4) is 0 Å². The maximum absolute atomic E-state index is 12.8. The molecule has 0 aliphatic heterocycles. The molecule has 0 unspecified atom stereocenters. The Kier molecular flexibility index (Phi) is 7.36. The van der Waals surface area contributed by atoms with Crippen LogP contribution in [0, 0.1) is 13.8 Å². The summed E-state index contributed by atoms with van der Waals surface area (Å²) in [5.41, 5.74) is 5.21. The van der Waals surface area contributed by atoms with Crippen LogP contribution in [0.15, 0.2) is 72.8 Å². The van der Waals surface area contributed by atoms with E-state index in [0.29, 0.717) is 11.3 Å². The number of amides is 1. The van der Waals surface area contributed by atoms with Crippen molar-refractivity contribution < 1.29 is 13.2 Å². The first-order valence-corrected chi connectivity index (χ1v) is 12.5. The van der Waals surface area contributed by atoms with E-state index in [-0.39, 0.29) is 18.5 Å². The third-order valence-corrected chi connectivity index (χ3v) is 6.73. The first-order valence-electron chi connectivity index (χ1n) is 10.7. The molecule has 1 N–H and O–H groups in total. The maximum Gasteiger partial charge on any atom is 0.251 e. The predicted molar refractivity (Wildman–Crippen MR) is 130 cm³/mol. The highest BCUT2D eigenvalue weighted by Crippen LogP contribution is 2.23. The highest BCUT2D eigenvalue weighted by Gasteiger charge is 2.20. The second kappa shape index (κ2) is 10.0. The second-order valence-electron chi connectivity index (χ2n) is 8.09. The summed E-state index contributed by atoms with van der Waals surface area (Å²) in [7, 11) is -3.50. The van der Waals surface area contributed by atoms with E-state index in [0.717, 1.165) is 23.1 Å². The van der Waals surface area contributed by atoms with E-state index in [4.69, 9.17) is 0 Å². The molecule has 0 aliphatic rings. The fourth-order valence-electron chi connectivity index (χ4n) is 3.58. The average Bonchev–Trinajstić information content (AvgIpc) is 2.77. The number of benzene rings is 3. The molecule has 0 saturated heterocycles. The zero-order valence-corrected chi connectivity index (χ0v) is 19.8. The summed E-state index contributed by atoms with van der Waals surface area (Å²) in [6.45, 7) is 6.26. The van der Waals surface area contributed by atoms with Gasteiger partial charge < -0.3 is 5.32 Å². The molecule has 0 aliphatic carbocycles. The molecule has 3 rings (SSSR count). The number of sulfonamides is 1. The van der Waals surface area contributed by atoms with Gasteiger partial charge in [-0.25, -0.2) is 8.42 Å². The zero-order chi connectivity index (χ0) is 23.3. The van der Waals surface area contributed by atoms with Gasteiger partial charge in [0.25, 0.3) is 5.91 Å². The number of nitrogens with zero attached hydrogens (tertiary/aromatic N) is 1. The first kappa shape index (κ1) is 23.5. The minimum atomic E-state index is -3.50. The van der Waals surface area contributed by atoms with Crippen LogP contribution in [0.1, 0.15) is 52.0 Å². The molecule has 0 aromatic heterocycles. The largest absolute Gasteiger partial charge is 0.345 e. The minimum absolute atomic E-state index is 0.0867. The quantitative estimate of drug-likeness (QED) is 0.516. The van der Waals surface area contributed by atoms with Crippen LogP contribution in [0.25, 0.3) is 0 Å². The lowest BCUT2D eigenvalue weighted by molar-refractivity contribution is 0.0935. The van der Waals surface area contributed by atoms with Crippen molar-refractivity contribution in [3.8, 4) is 0 Å². The van der Waals surface area contributed by atoms with E-state index in [2.05, 4.69) is 5.32 Å². The van der Waals surface area contributed by atoms with Crippen LogP contribution >= 0.6 is 0 Å². The van der Waals surface area contributed by atoms with Gasteiger partial charge in [-0.05, 0) is 61.2 Å². The van der Waals surface area contributed by atoms with Crippen LogP contribution in [0.2, 0.25) is 0 Å². The molecule has 3 aromatic rings. The molecular weight excluding hydrogens is 420 g/mol. The third-order valence-electron chi connectivity index (χ3n) is 5.59. The number of anilines is 1. The molecule has 5 nitrogen and oxygen atoms in total. The molecule has 0 heterocycles. The van der Waals surface area contributed by atoms with Crippen molar-refractivity contribution in [3.63, 3.8) is 0 Å². The van der Waals surface area contributed by atoms with Gasteiger partial charge in [-0.15, -0.1) is 0 Å². The van der Waals surface area contributed by atoms with E-state index >= 15 is 0 Å². The van der Waals surface area contributed by atoms with Crippen molar-refractivity contribution in [1.82, 2.24) is 5.32 Å². The topological polar surface area (TPSA) is 66.5 Å². The van der Waals surface area contributed by atoms with Crippen LogP contribution in [-0.4, -0.2) is 20.6 Å². The van der Waals surface area contributed by atoms with Crippen molar-refractivity contribution >= 4 is 21.6 Å². The van der Waals surface area contributed by atoms with Gasteiger partial charge in [0.1, 0.15) is 0 Å². The van der Waals surface area contributed by atoms with Crippen molar-refractivity contribution in [2.24, 2.45) is 0 Å². The molecule has 1 amide bonds. The molecular formula is C26H30N2O3S. The number of aryl methyl sites for hydroxylation is 2. The minimum Gasteiger partial charge on any atom is -0.345 e. The van der Waals surface area contributed by atoms with Gasteiger partial charge in [-0.1, -0.05) is 61.0 Å². The molecule has 0 fully saturated rings. The van der Waals surface area contributed by atoms with Gasteiger partial charge in [0.15, 0.2) is 0 Å². The number of hydrogen-bond donors (Lipinski definition) is 1. The van der Waals surface area contributed by atoms with Crippen molar-refractivity contribution in [2.45, 2.75) is 39.8 Å². The van der Waals surface area contributed by atoms with Gasteiger partial charge in [0.2, 0.25) is 10.0 Å². The van der Waals surface area contributed by atoms with Gasteiger partial charge in [0.05, 0.1) is 24.5 Å². The van der Waals surface area contributed by atoms with E-state index in [1.165, 1.54) is 16.1 Å². The van der Waals surface area contributed by atoms with Crippen molar-refractivity contribution in [2.75, 3.05) is 10.6 Å². The van der Waals surface area contributed by atoms with Crippen molar-refractivity contribution in [3.05, 3.63) is 101 Å². The van der Waals surface area contributed by atoms with Crippen LogP contribution in [-0.2, 0) is 16.6 Å². The highest BCUT2D eigenvalue weighted by atomic mass is 32.2. The fourth-order valence-corrected chi connectivity index (χ4v) is 4.46. The van der Waals surface area contributed by atoms with Crippen LogP contribution in [0.4, 0.5) is 5.69 Å². The lowest BCUT2D eigenvalue weighted by atomic mass is 10.0. The fraction of sp³-hybridized carbons (Fsp3) is 0.269. The van der Waals surface area contributed by atoms with Gasteiger partial charge in [-0.2, -0.15) is 0 Å². The lowest BCUT2D eigenvalue weighted by Gasteiger charge is -2.24. The molecule has 0 radical (unpaired) electrons. The van der Waals surface area contributed by atoms with Crippen LogP contribution < -0.4 is 9.62 Å². The summed E-state index contributed by atoms with van der Waals surface area (Å²) in [6, 6.07) is 22.5. The van der Waals surface area contributed by atoms with E-state index in [1.807, 2.05) is 69.3 Å². The molecule has 0 bridgehead atoms. The summed E-state index contributed by atoms with van der Waals surface area (Å²) in [5, 5.41) is 3.07. The number of nitrogens with one attached hydrogen (secondary N) is 1. The SMILES string of the molecule is CC[C@H](NC(=O)c1ccc(N(Cc2ccccc2C)S(C)(=O)=O)cc1)c1ccc(C)cc1. The van der Waals surface area contributed by atoms with Gasteiger partial charge in [0, 0.05) is 5.56 Å². The summed E-state index contributed by atoms with van der Waals surface area (Å²) >= 11 is 0. The monoisotopic (exact) mass is 450 g/mol. The second-order valence-corrected chi connectivity index (χ2v) is 9.99. The Balaban J connectivity index is 1.79. The van der Waals surface area contributed by atoms with Crippen molar-refractivity contribution in [1.29, 1.82) is 0 Å². The Morgan fingerprint density at radius 3 is 2.12 bits per heavy atom. The standard InChI is InChI=1S/C26H30N2O3S/c1-5-25(21-12-10-19(2)11-13-21)27-26(29)22-14-16-24(17-15-22)28(32(4,30)31)18-23-9-7-6-8-20(23)3/h6-17,25H,5,18H2,1-4H3,(H,27,29)/t25-/m0/s1. The number of rotatable bonds is 8. The average molecular weight is 451 g/mol. The Morgan fingerprint density at radius 2 is 1.56 bits per heavy atom. The molecule has 32 heavy (non-hydrogen) atoms. The van der Waals surface area contributed by atoms with Gasteiger partial charge >= 0.3 is 0 Å². The summed E-state index contributed by atoms with van der Waals surface area (Å²) in [4.78, 5) is 12.8. The first-order chi connectivity index (χ1) is 15.2. The number of hydrogen-bond acceptors (Lipinski definition) is 3. The molecule has 0 saturated carbocycles. The van der Waals surface area contributed by atoms with E-state index in [1.54, 1.807) is 24.3 Å². The third kappa shape index (κ3) is 5.77. The Hall–Kier alpha value is -3.12. The summed E-state index contributed by atoms with van der Waals surface area (Å²) < 4.78 is 26.3. The van der Waals surface area contributed by atoms with E-state index in [9.17, 15) is 13.2 Å². The summed E-state index contributed by atoms with van der Waals surface area (Å²) in [6.07, 6.45) is 1.96. The Bertz CT molecular complexity index is 1170. The molecule has 6 heteroatoms. The smallest absolute Gasteiger partial charge is 0.251 e. The zero-order valence-electron chi connectivity index (χ0n) is 19.0. The number of carbonyl (C=O) groups is 1. The molecule has 3 aromatic carbocycles. The van der Waals surface area contributed by atoms with Gasteiger partial charge in [-0.3, -0.25) is 9.10 Å². The highest BCUT2D eigenvalue weighted by molar-refractivity contribution is 7.92. The van der Waals surface area contributed by atoms with E-state index < -0.39 is 10.0 Å². The van der Waals surface area contributed by atoms with Crippen LogP contribution in [0.5, 0.6) is 0 Å². The number of carbonyl (C=O) groups excluding carboxylic acids is 1. The molecule has 1 atom stereocenters. The maximum atomic E-state index is 12.8. The molecule has 168 valence electrons. The Morgan fingerprint density at radius 1 is 0.938 bits per heavy atom. The Labute approximate surface area is 191 Å². The predicted octanol–water partition coefficient (Wildman–Crippen LogP) is 5.15.